The molecule has 0 aliphatic carbocycles. The number of unbranched alkanes of at least 4 members (excludes halogenated alkanes) is 4. The maximum Gasteiger partial charge on any atom is 1.00 e. The van der Waals surface area contributed by atoms with Crippen molar-refractivity contribution in [3.8, 4) is 46.5 Å². The van der Waals surface area contributed by atoms with Crippen molar-refractivity contribution in [2.45, 2.75) is 58.9 Å². The predicted molar refractivity (Wildman–Crippen MR) is 215 cm³/mol. The summed E-state index contributed by atoms with van der Waals surface area (Å²) in [5.41, 5.74) is 2.10. The number of carbonyl (C=O) groups excluding carboxylic acids is 1. The van der Waals surface area contributed by atoms with Gasteiger partial charge in [-0.05, 0) is 49.2 Å². The molecule has 0 fully saturated rings. The van der Waals surface area contributed by atoms with Crippen LogP contribution in [0.2, 0.25) is 10.0 Å². The van der Waals surface area contributed by atoms with E-state index in [9.17, 15) is 18.0 Å². The van der Waals surface area contributed by atoms with Crippen LogP contribution in [-0.2, 0) is 40.0 Å². The topological polar surface area (TPSA) is 218 Å². The molecule has 16 nitrogen and oxygen atoms in total. The number of aromatic nitrogens is 6. The molecule has 0 aliphatic heterocycles. The van der Waals surface area contributed by atoms with Gasteiger partial charge in [0.05, 0.1) is 27.7 Å². The number of aromatic amines is 1. The Kier molecular flexibility index (Phi) is 38.3. The molecule has 1 N–H and O–H groups in total. The number of hydrogen-bond donors (Lipinski definition) is 1. The molecule has 0 aromatic carbocycles. The van der Waals surface area contributed by atoms with Gasteiger partial charge in [0, 0.05) is 37.7 Å². The average Bonchev–Trinajstić information content (AvgIpc) is 3.20. The Morgan fingerprint density at radius 1 is 0.763 bits per heavy atom. The number of H-pyrrole nitrogens is 1. The molecule has 0 unspecified atom stereocenters. The van der Waals surface area contributed by atoms with Gasteiger partial charge >= 0.3 is 103 Å². The van der Waals surface area contributed by atoms with E-state index >= 15 is 0 Å². The molecule has 0 saturated carbocycles. The van der Waals surface area contributed by atoms with Crippen molar-refractivity contribution in [3.05, 3.63) is 91.7 Å². The third-order valence-corrected chi connectivity index (χ3v) is 7.51. The summed E-state index contributed by atoms with van der Waals surface area (Å²) in [5.74, 6) is 11.0. The largest absolute Gasteiger partial charge is 1.00 e. The number of nitrogens with zero attached hydrogens (tertiary/aromatic N) is 5. The van der Waals surface area contributed by atoms with E-state index in [4.69, 9.17) is 42.7 Å². The Morgan fingerprint density at radius 3 is 1.71 bits per heavy atom. The maximum atomic E-state index is 11.9. The van der Waals surface area contributed by atoms with Crippen LogP contribution in [0.5, 0.6) is 0 Å². The summed E-state index contributed by atoms with van der Waals surface area (Å²) in [6.45, 7) is 6.35. The van der Waals surface area contributed by atoms with Gasteiger partial charge in [-0.2, -0.15) is 18.6 Å². The second-order valence-corrected chi connectivity index (χ2v) is 13.6. The van der Waals surface area contributed by atoms with Crippen LogP contribution in [0.3, 0.4) is 0 Å². The summed E-state index contributed by atoms with van der Waals surface area (Å²) in [5, 5.41) is 20.0. The molecule has 4 rings (SSSR count). The van der Waals surface area contributed by atoms with Gasteiger partial charge in [-0.3, -0.25) is 28.5 Å². The second kappa shape index (κ2) is 38.0. The molecule has 0 radical (unpaired) electrons. The Balaban J connectivity index is -0.000000790. The third kappa shape index (κ3) is 31.8. The first-order valence-electron chi connectivity index (χ1n) is 17.4. The zero-order valence-electron chi connectivity index (χ0n) is 34.8. The first-order valence-corrected chi connectivity index (χ1v) is 20.0. The Hall–Kier alpha value is -1.71. The van der Waals surface area contributed by atoms with Gasteiger partial charge < -0.3 is 21.0 Å². The molecule has 0 amide bonds. The van der Waals surface area contributed by atoms with Crippen molar-refractivity contribution >= 4 is 39.8 Å². The Bertz CT molecular complexity index is 2080. The number of carbonyl (C=O) groups is 1. The zero-order valence-corrected chi connectivity index (χ0v) is 42.4. The Labute approximate surface area is 441 Å². The van der Waals surface area contributed by atoms with Crippen LogP contribution in [-0.4, -0.2) is 84.1 Å². The van der Waals surface area contributed by atoms with Gasteiger partial charge in [-0.1, -0.05) is 86.4 Å². The number of rotatable bonds is 16. The minimum absolute atomic E-state index is 0. The molecular formula is C38H46Cl2K2N6O10S. The van der Waals surface area contributed by atoms with Crippen LogP contribution in [0.25, 0.3) is 22.8 Å². The van der Waals surface area contributed by atoms with E-state index in [0.717, 1.165) is 45.0 Å². The number of nitrogens with one attached hydrogen (secondary N) is 1. The van der Waals surface area contributed by atoms with E-state index in [1.165, 1.54) is 29.4 Å². The normalized spacial score (nSPS) is 9.66. The van der Waals surface area contributed by atoms with Crippen molar-refractivity contribution < 1.29 is 141 Å². The molecule has 0 saturated heterocycles. The van der Waals surface area contributed by atoms with Crippen molar-refractivity contribution in [2.75, 3.05) is 39.3 Å². The fraction of sp³-hybridized carbons (Fsp3) is 0.395. The summed E-state index contributed by atoms with van der Waals surface area (Å²) in [4.78, 5) is 42.1. The van der Waals surface area contributed by atoms with Crippen LogP contribution in [0.4, 0.5) is 0 Å². The van der Waals surface area contributed by atoms with Crippen LogP contribution in [0.15, 0.2) is 70.5 Å². The van der Waals surface area contributed by atoms with Crippen molar-refractivity contribution in [2.24, 2.45) is 0 Å². The number of halogens is 2. The summed E-state index contributed by atoms with van der Waals surface area (Å²) >= 11 is 11.5. The minimum Gasteiger partial charge on any atom is -1.00 e. The van der Waals surface area contributed by atoms with E-state index < -0.39 is 10.1 Å². The van der Waals surface area contributed by atoms with E-state index in [-0.39, 0.29) is 135 Å². The molecule has 0 atom stereocenters. The van der Waals surface area contributed by atoms with E-state index in [1.807, 2.05) is 0 Å². The summed E-state index contributed by atoms with van der Waals surface area (Å²) < 4.78 is 37.4. The molecule has 4 aromatic heterocycles. The molecule has 0 bridgehead atoms. The maximum absolute atomic E-state index is 11.9. The van der Waals surface area contributed by atoms with Crippen LogP contribution in [0.1, 0.15) is 53.8 Å². The number of hydrogen-bond acceptors (Lipinski definition) is 14. The fourth-order valence-electron chi connectivity index (χ4n) is 3.82. The van der Waals surface area contributed by atoms with E-state index in [1.54, 1.807) is 42.6 Å². The molecule has 310 valence electrons. The smallest absolute Gasteiger partial charge is 1.00 e. The van der Waals surface area contributed by atoms with Gasteiger partial charge in [0.1, 0.15) is 37.8 Å². The predicted octanol–water partition coefficient (Wildman–Crippen LogP) is -1.62. The summed E-state index contributed by atoms with van der Waals surface area (Å²) in [7, 11) is -3.37. The first-order chi connectivity index (χ1) is 27.4. The summed E-state index contributed by atoms with van der Waals surface area (Å²) in [6.07, 6.45) is 10.8. The molecule has 4 heterocycles. The fourth-order valence-corrected chi connectivity index (χ4v) is 4.31. The van der Waals surface area contributed by atoms with Crippen LogP contribution >= 0.6 is 23.2 Å². The van der Waals surface area contributed by atoms with Crippen molar-refractivity contribution in [1.82, 2.24) is 29.9 Å². The molecule has 21 heteroatoms. The zero-order chi connectivity index (χ0) is 42.2. The molecule has 0 aliphatic rings. The van der Waals surface area contributed by atoms with Gasteiger partial charge in [0.2, 0.25) is 0 Å². The van der Waals surface area contributed by atoms with Gasteiger partial charge in [0.15, 0.2) is 0 Å². The van der Waals surface area contributed by atoms with E-state index in [2.05, 4.69) is 71.9 Å². The first kappa shape index (κ1) is 59.4. The third-order valence-electron chi connectivity index (χ3n) is 6.52. The minimum atomic E-state index is -3.37. The summed E-state index contributed by atoms with van der Waals surface area (Å²) in [6, 6.07) is 13.1. The van der Waals surface area contributed by atoms with E-state index in [0.29, 0.717) is 52.6 Å². The Morgan fingerprint density at radius 2 is 1.25 bits per heavy atom. The van der Waals surface area contributed by atoms with Gasteiger partial charge in [0.25, 0.3) is 27.7 Å². The molecule has 59 heavy (non-hydrogen) atoms. The van der Waals surface area contributed by atoms with Gasteiger partial charge in [-0.25, -0.2) is 9.78 Å². The molecule has 4 aromatic rings. The van der Waals surface area contributed by atoms with Crippen molar-refractivity contribution in [3.63, 3.8) is 0 Å². The molecule has 0 spiro atoms. The number of pyridine rings is 2. The quantitative estimate of drug-likeness (QED) is 0.0254. The van der Waals surface area contributed by atoms with Crippen LogP contribution < -0.4 is 119 Å². The monoisotopic (exact) mass is 926 g/mol. The second-order valence-electron chi connectivity index (χ2n) is 11.1. The SMILES string of the molecule is CCCCCOCC#CCOS(C)(=O)=O.CCCCCOCC#CCn1nc(-c2ccc(Cl)cn2)ccc1=O.O=CO[O-].O=c1ccc(-c2ccc(Cl)cn2)n[nH]1.[H-].[K+].[K+]. The molecular weight excluding hydrogens is 882 g/mol. The standard InChI is InChI=1S/C18H20ClN3O2.C10H18O4S.C9H6ClN3O.CH2O3.2K.H/c1-2-3-5-12-24-13-6-4-11-22-18(23)10-9-17(21-22)16-8-7-15(19)14-20-16;1-3-4-5-8-13-9-6-7-10-14-15(2,11)12;10-6-1-2-7(11-5-6)8-3-4-9(14)13-12-8;2-1-4-3;;;/h7-10,14H,2-3,5,11-13H2,1H3;3-5,8-10H2,1-2H3;1-5H,(H,13,14);1,3H;;;/q;;;;2*+1;-1/p-1. The van der Waals surface area contributed by atoms with Gasteiger partial charge in [-0.15, -0.1) is 0 Å². The van der Waals surface area contributed by atoms with Crippen LogP contribution in [0, 0.1) is 23.7 Å². The number of ether oxygens (including phenoxy) is 2. The van der Waals surface area contributed by atoms with Crippen molar-refractivity contribution in [1.29, 1.82) is 0 Å². The average molecular weight is 928 g/mol.